The lowest BCUT2D eigenvalue weighted by Crippen LogP contribution is -2.40. The maximum atomic E-state index is 12.9. The number of sulfonamides is 1. The third-order valence-electron chi connectivity index (χ3n) is 5.84. The Hall–Kier alpha value is -1.40. The van der Waals surface area contributed by atoms with Crippen LogP contribution in [0.25, 0.3) is 0 Å². The molecule has 0 spiro atoms. The van der Waals surface area contributed by atoms with Crippen LogP contribution in [0.15, 0.2) is 4.90 Å². The van der Waals surface area contributed by atoms with Crippen LogP contribution >= 0.6 is 0 Å². The maximum Gasteiger partial charge on any atom is 0.241 e. The van der Waals surface area contributed by atoms with Gasteiger partial charge in [0.1, 0.15) is 0 Å². The van der Waals surface area contributed by atoms with E-state index < -0.39 is 10.0 Å². The summed E-state index contributed by atoms with van der Waals surface area (Å²) in [7, 11) is -3.64. The van der Waals surface area contributed by atoms with Gasteiger partial charge in [-0.25, -0.2) is 13.1 Å². The Morgan fingerprint density at radius 1 is 1.04 bits per heavy atom. The van der Waals surface area contributed by atoms with E-state index in [4.69, 9.17) is 0 Å². The van der Waals surface area contributed by atoms with E-state index in [0.717, 1.165) is 53.7 Å². The summed E-state index contributed by atoms with van der Waals surface area (Å²) < 4.78 is 28.4. The fraction of sp³-hybridized carbons (Fsp3) is 0.650. The van der Waals surface area contributed by atoms with E-state index in [-0.39, 0.29) is 18.9 Å². The van der Waals surface area contributed by atoms with Gasteiger partial charge in [0.05, 0.1) is 4.90 Å². The van der Waals surface area contributed by atoms with Crippen LogP contribution in [-0.2, 0) is 14.8 Å². The Morgan fingerprint density at radius 2 is 1.58 bits per heavy atom. The predicted octanol–water partition coefficient (Wildman–Crippen LogP) is 3.16. The van der Waals surface area contributed by atoms with Crippen LogP contribution in [0, 0.1) is 40.5 Å². The highest BCUT2D eigenvalue weighted by Crippen LogP contribution is 2.29. The molecular weight excluding hydrogens is 348 g/mol. The summed E-state index contributed by atoms with van der Waals surface area (Å²) in [6, 6.07) is 0. The minimum atomic E-state index is -3.64. The highest BCUT2D eigenvalue weighted by atomic mass is 32.2. The van der Waals surface area contributed by atoms with Crippen molar-refractivity contribution in [2.45, 2.75) is 65.7 Å². The van der Waals surface area contributed by atoms with Gasteiger partial charge in [0.15, 0.2) is 0 Å². The number of benzene rings is 1. The molecule has 6 heteroatoms. The molecule has 1 amide bonds. The van der Waals surface area contributed by atoms with Crippen molar-refractivity contribution < 1.29 is 13.2 Å². The summed E-state index contributed by atoms with van der Waals surface area (Å²) in [5.41, 5.74) is 4.72. The molecule has 2 rings (SSSR count). The average molecular weight is 381 g/mol. The number of amides is 1. The first-order valence-electron chi connectivity index (χ1n) is 9.40. The molecule has 1 fully saturated rings. The average Bonchev–Trinajstić information content (AvgIpc) is 2.58. The topological polar surface area (TPSA) is 66.5 Å². The Morgan fingerprint density at radius 3 is 2.12 bits per heavy atom. The fourth-order valence-electron chi connectivity index (χ4n) is 3.81. The van der Waals surface area contributed by atoms with E-state index >= 15 is 0 Å². The van der Waals surface area contributed by atoms with E-state index in [1.165, 1.54) is 0 Å². The van der Waals surface area contributed by atoms with Crippen LogP contribution in [-0.4, -0.2) is 38.9 Å². The number of rotatable bonds is 5. The minimum absolute atomic E-state index is 0.0314. The lowest BCUT2D eigenvalue weighted by atomic mass is 9.95. The van der Waals surface area contributed by atoms with E-state index in [1.54, 1.807) is 0 Å². The van der Waals surface area contributed by atoms with E-state index in [0.29, 0.717) is 10.8 Å². The summed E-state index contributed by atoms with van der Waals surface area (Å²) in [5.74, 6) is 0.553. The molecule has 5 nitrogen and oxygen atoms in total. The Balaban J connectivity index is 2.09. The number of hydrogen-bond acceptors (Lipinski definition) is 3. The minimum Gasteiger partial charge on any atom is -0.342 e. The second-order valence-corrected chi connectivity index (χ2v) is 9.39. The molecule has 0 aromatic heterocycles. The molecule has 1 aromatic carbocycles. The zero-order chi connectivity index (χ0) is 19.6. The Kier molecular flexibility index (Phi) is 6.51. The lowest BCUT2D eigenvalue weighted by molar-refractivity contribution is -0.132. The Bertz CT molecular complexity index is 771. The highest BCUT2D eigenvalue weighted by molar-refractivity contribution is 7.89. The smallest absolute Gasteiger partial charge is 0.241 e. The number of carbonyl (C=O) groups is 1. The standard InChI is InChI=1S/C20H32N2O3S/c1-13-8-7-11-22(12-13)19(23)9-10-21-26(24,25)20-17(5)15(3)14(2)16(4)18(20)6/h13,21H,7-12H2,1-6H3. The van der Waals surface area contributed by atoms with Gasteiger partial charge < -0.3 is 4.90 Å². The van der Waals surface area contributed by atoms with E-state index in [9.17, 15) is 13.2 Å². The van der Waals surface area contributed by atoms with Gasteiger partial charge >= 0.3 is 0 Å². The molecule has 0 saturated carbocycles. The molecule has 146 valence electrons. The van der Waals surface area contributed by atoms with Crippen LogP contribution in [0.5, 0.6) is 0 Å². The van der Waals surface area contributed by atoms with Gasteiger partial charge in [0.25, 0.3) is 0 Å². The van der Waals surface area contributed by atoms with Crippen LogP contribution < -0.4 is 4.72 Å². The largest absolute Gasteiger partial charge is 0.342 e. The molecule has 26 heavy (non-hydrogen) atoms. The van der Waals surface area contributed by atoms with Gasteiger partial charge in [-0.3, -0.25) is 4.79 Å². The molecule has 1 heterocycles. The van der Waals surface area contributed by atoms with Crippen molar-refractivity contribution in [3.63, 3.8) is 0 Å². The summed E-state index contributed by atoms with van der Waals surface area (Å²) in [4.78, 5) is 14.6. The van der Waals surface area contributed by atoms with Crippen molar-refractivity contribution in [3.8, 4) is 0 Å². The summed E-state index contributed by atoms with van der Waals surface area (Å²) in [5, 5.41) is 0. The van der Waals surface area contributed by atoms with E-state index in [2.05, 4.69) is 11.6 Å². The summed E-state index contributed by atoms with van der Waals surface area (Å²) in [6.45, 7) is 13.5. The van der Waals surface area contributed by atoms with Gasteiger partial charge in [-0.2, -0.15) is 0 Å². The summed E-state index contributed by atoms with van der Waals surface area (Å²) in [6.07, 6.45) is 2.38. The molecule has 1 unspecified atom stereocenters. The number of likely N-dealkylation sites (tertiary alicyclic amines) is 1. The molecule has 0 radical (unpaired) electrons. The number of nitrogens with zero attached hydrogens (tertiary/aromatic N) is 1. The van der Waals surface area contributed by atoms with E-state index in [1.807, 2.05) is 39.5 Å². The van der Waals surface area contributed by atoms with Crippen LogP contribution in [0.3, 0.4) is 0 Å². The van der Waals surface area contributed by atoms with Crippen molar-refractivity contribution >= 4 is 15.9 Å². The van der Waals surface area contributed by atoms with Crippen molar-refractivity contribution in [2.75, 3.05) is 19.6 Å². The van der Waals surface area contributed by atoms with Crippen LogP contribution in [0.1, 0.15) is 54.0 Å². The van der Waals surface area contributed by atoms with Gasteiger partial charge in [0, 0.05) is 26.1 Å². The third-order valence-corrected chi connectivity index (χ3v) is 7.57. The lowest BCUT2D eigenvalue weighted by Gasteiger charge is -2.31. The van der Waals surface area contributed by atoms with Crippen molar-refractivity contribution in [1.29, 1.82) is 0 Å². The number of nitrogens with one attached hydrogen (secondary N) is 1. The normalized spacial score (nSPS) is 18.2. The monoisotopic (exact) mass is 380 g/mol. The molecule has 1 aliphatic rings. The fourth-order valence-corrected chi connectivity index (χ4v) is 5.43. The van der Waals surface area contributed by atoms with Gasteiger partial charge in [-0.1, -0.05) is 6.92 Å². The molecule has 1 aromatic rings. The molecule has 0 bridgehead atoms. The first kappa shape index (κ1) is 20.9. The number of hydrogen-bond donors (Lipinski definition) is 1. The second kappa shape index (κ2) is 8.09. The molecule has 1 N–H and O–H groups in total. The van der Waals surface area contributed by atoms with Gasteiger partial charge in [-0.05, 0) is 81.2 Å². The zero-order valence-corrected chi connectivity index (χ0v) is 17.7. The predicted molar refractivity (Wildman–Crippen MR) is 105 cm³/mol. The number of carbonyl (C=O) groups excluding carboxylic acids is 1. The Labute approximate surface area is 158 Å². The molecule has 0 aliphatic carbocycles. The van der Waals surface area contributed by atoms with Crippen LogP contribution in [0.4, 0.5) is 0 Å². The molecule has 1 saturated heterocycles. The first-order valence-corrected chi connectivity index (χ1v) is 10.9. The van der Waals surface area contributed by atoms with Gasteiger partial charge in [-0.15, -0.1) is 0 Å². The highest BCUT2D eigenvalue weighted by Gasteiger charge is 2.25. The quantitative estimate of drug-likeness (QED) is 0.853. The van der Waals surface area contributed by atoms with Crippen molar-refractivity contribution in [1.82, 2.24) is 9.62 Å². The van der Waals surface area contributed by atoms with Gasteiger partial charge in [0.2, 0.25) is 15.9 Å². The summed E-state index contributed by atoms with van der Waals surface area (Å²) >= 11 is 0. The third kappa shape index (κ3) is 4.29. The maximum absolute atomic E-state index is 12.9. The molecular formula is C20H32N2O3S. The van der Waals surface area contributed by atoms with Crippen molar-refractivity contribution in [2.24, 2.45) is 5.92 Å². The van der Waals surface area contributed by atoms with Crippen molar-refractivity contribution in [3.05, 3.63) is 27.8 Å². The zero-order valence-electron chi connectivity index (χ0n) is 16.9. The SMILES string of the molecule is Cc1c(C)c(C)c(S(=O)(=O)NCCC(=O)N2CCCC(C)C2)c(C)c1C. The van der Waals surface area contributed by atoms with Crippen LogP contribution in [0.2, 0.25) is 0 Å². The first-order chi connectivity index (χ1) is 12.1. The molecule has 1 atom stereocenters. The second-order valence-electron chi connectivity index (χ2n) is 7.69. The molecule has 1 aliphatic heterocycles. The number of piperidine rings is 1.